The Morgan fingerprint density at radius 3 is 2.50 bits per heavy atom. The summed E-state index contributed by atoms with van der Waals surface area (Å²) in [6.07, 6.45) is 3.73. The Hall–Kier alpha value is -1.69. The molecule has 3 nitrogen and oxygen atoms in total. The number of rotatable bonds is 2. The van der Waals surface area contributed by atoms with Crippen molar-refractivity contribution in [2.45, 2.75) is 39.2 Å². The minimum Gasteiger partial charge on any atom is -0.398 e. The summed E-state index contributed by atoms with van der Waals surface area (Å²) in [5, 5.41) is 12.5. The van der Waals surface area contributed by atoms with E-state index in [9.17, 15) is 0 Å². The molecule has 18 heavy (non-hydrogen) atoms. The van der Waals surface area contributed by atoms with Crippen LogP contribution in [-0.4, -0.2) is 6.04 Å². The zero-order chi connectivity index (χ0) is 13.1. The molecule has 1 saturated carbocycles. The van der Waals surface area contributed by atoms with E-state index in [1.54, 1.807) is 6.07 Å². The normalized spacial score (nSPS) is 27.5. The summed E-state index contributed by atoms with van der Waals surface area (Å²) < 4.78 is 0. The van der Waals surface area contributed by atoms with E-state index in [1.165, 1.54) is 19.3 Å². The number of benzene rings is 1. The van der Waals surface area contributed by atoms with E-state index in [1.807, 2.05) is 12.1 Å². The molecule has 1 aromatic rings. The van der Waals surface area contributed by atoms with E-state index in [0.717, 1.165) is 17.5 Å². The highest BCUT2D eigenvalue weighted by molar-refractivity contribution is 5.62. The van der Waals surface area contributed by atoms with Gasteiger partial charge in [-0.1, -0.05) is 13.8 Å². The molecule has 0 aliphatic heterocycles. The minimum absolute atomic E-state index is 0.513. The zero-order valence-corrected chi connectivity index (χ0v) is 11.1. The molecule has 96 valence electrons. The Balaban J connectivity index is 2.07. The van der Waals surface area contributed by atoms with Crippen LogP contribution in [0.3, 0.4) is 0 Å². The molecule has 3 heteroatoms. The standard InChI is InChI=1S/C15H21N3/c1-10-5-11(2)7-14(6-10)18-13-3-4-15(17)12(8-13)9-16/h3-4,8,10-11,14,18H,5-7,17H2,1-2H3. The second-order valence-electron chi connectivity index (χ2n) is 5.67. The molecule has 1 aromatic carbocycles. The smallest absolute Gasteiger partial charge is 0.101 e. The molecule has 1 aliphatic carbocycles. The van der Waals surface area contributed by atoms with Gasteiger partial charge in [0.15, 0.2) is 0 Å². The highest BCUT2D eigenvalue weighted by Crippen LogP contribution is 2.30. The summed E-state index contributed by atoms with van der Waals surface area (Å²) >= 11 is 0. The van der Waals surface area contributed by atoms with Gasteiger partial charge in [-0.25, -0.2) is 0 Å². The van der Waals surface area contributed by atoms with Crippen molar-refractivity contribution >= 4 is 11.4 Å². The molecule has 0 amide bonds. The summed E-state index contributed by atoms with van der Waals surface area (Å²) in [5.41, 5.74) is 7.84. The van der Waals surface area contributed by atoms with Crippen molar-refractivity contribution in [1.29, 1.82) is 5.26 Å². The first kappa shape index (κ1) is 12.8. The Morgan fingerprint density at radius 2 is 1.89 bits per heavy atom. The maximum Gasteiger partial charge on any atom is 0.101 e. The van der Waals surface area contributed by atoms with Crippen LogP contribution in [0.4, 0.5) is 11.4 Å². The van der Waals surface area contributed by atoms with Crippen LogP contribution < -0.4 is 11.1 Å². The number of nitrogens with zero attached hydrogens (tertiary/aromatic N) is 1. The topological polar surface area (TPSA) is 61.8 Å². The van der Waals surface area contributed by atoms with Gasteiger partial charge in [-0.3, -0.25) is 0 Å². The lowest BCUT2D eigenvalue weighted by atomic mass is 9.80. The number of nitrogens with two attached hydrogens (primary N) is 1. The third kappa shape index (κ3) is 2.95. The molecule has 1 aliphatic rings. The molecule has 0 radical (unpaired) electrons. The average Bonchev–Trinajstić information content (AvgIpc) is 2.30. The first-order valence-corrected chi connectivity index (χ1v) is 6.64. The Labute approximate surface area is 109 Å². The van der Waals surface area contributed by atoms with Crippen molar-refractivity contribution < 1.29 is 0 Å². The lowest BCUT2D eigenvalue weighted by Gasteiger charge is -2.32. The molecule has 0 spiro atoms. The molecule has 0 heterocycles. The van der Waals surface area contributed by atoms with Gasteiger partial charge in [-0.05, 0) is 49.3 Å². The first-order valence-electron chi connectivity index (χ1n) is 6.64. The lowest BCUT2D eigenvalue weighted by molar-refractivity contribution is 0.281. The fourth-order valence-electron chi connectivity index (χ4n) is 3.04. The molecule has 2 unspecified atom stereocenters. The molecular formula is C15H21N3. The fourth-order valence-corrected chi connectivity index (χ4v) is 3.04. The van der Waals surface area contributed by atoms with Crippen molar-refractivity contribution in [1.82, 2.24) is 0 Å². The molecule has 2 rings (SSSR count). The van der Waals surface area contributed by atoms with Crippen LogP contribution in [0.25, 0.3) is 0 Å². The van der Waals surface area contributed by atoms with Crippen molar-refractivity contribution in [2.24, 2.45) is 11.8 Å². The van der Waals surface area contributed by atoms with E-state index in [4.69, 9.17) is 11.0 Å². The SMILES string of the molecule is CC1CC(C)CC(Nc2ccc(N)c(C#N)c2)C1. The maximum atomic E-state index is 8.98. The number of hydrogen-bond donors (Lipinski definition) is 2. The van der Waals surface area contributed by atoms with Crippen LogP contribution in [0.1, 0.15) is 38.7 Å². The quantitative estimate of drug-likeness (QED) is 0.783. The predicted octanol–water partition coefficient (Wildman–Crippen LogP) is 3.38. The van der Waals surface area contributed by atoms with E-state index in [-0.39, 0.29) is 0 Å². The molecule has 0 aromatic heterocycles. The Morgan fingerprint density at radius 1 is 1.22 bits per heavy atom. The number of hydrogen-bond acceptors (Lipinski definition) is 3. The minimum atomic E-state index is 0.513. The number of nitrogen functional groups attached to an aromatic ring is 1. The van der Waals surface area contributed by atoms with Gasteiger partial charge in [0.1, 0.15) is 6.07 Å². The summed E-state index contributed by atoms with van der Waals surface area (Å²) in [6, 6.07) is 8.25. The summed E-state index contributed by atoms with van der Waals surface area (Å²) in [7, 11) is 0. The largest absolute Gasteiger partial charge is 0.398 e. The van der Waals surface area contributed by atoms with Crippen LogP contribution in [0.15, 0.2) is 18.2 Å². The van der Waals surface area contributed by atoms with E-state index in [0.29, 0.717) is 17.3 Å². The van der Waals surface area contributed by atoms with Crippen LogP contribution in [-0.2, 0) is 0 Å². The van der Waals surface area contributed by atoms with Gasteiger partial charge in [-0.15, -0.1) is 0 Å². The molecule has 1 fully saturated rings. The summed E-state index contributed by atoms with van der Waals surface area (Å²) in [6.45, 7) is 4.63. The van der Waals surface area contributed by atoms with E-state index < -0.39 is 0 Å². The second kappa shape index (κ2) is 5.30. The molecule has 0 saturated heterocycles. The Bertz CT molecular complexity index is 451. The van der Waals surface area contributed by atoms with E-state index >= 15 is 0 Å². The van der Waals surface area contributed by atoms with Crippen molar-refractivity contribution in [3.63, 3.8) is 0 Å². The van der Waals surface area contributed by atoms with Gasteiger partial charge in [0.25, 0.3) is 0 Å². The first-order chi connectivity index (χ1) is 8.58. The highest BCUT2D eigenvalue weighted by atomic mass is 14.9. The number of nitrogens with one attached hydrogen (secondary N) is 1. The zero-order valence-electron chi connectivity index (χ0n) is 11.1. The third-order valence-corrected chi connectivity index (χ3v) is 3.72. The van der Waals surface area contributed by atoms with Gasteiger partial charge in [-0.2, -0.15) is 5.26 Å². The van der Waals surface area contributed by atoms with Crippen LogP contribution in [0.2, 0.25) is 0 Å². The van der Waals surface area contributed by atoms with Gasteiger partial charge < -0.3 is 11.1 Å². The Kier molecular flexibility index (Phi) is 3.76. The predicted molar refractivity (Wildman–Crippen MR) is 75.2 cm³/mol. The number of anilines is 2. The van der Waals surface area contributed by atoms with Crippen molar-refractivity contribution in [3.05, 3.63) is 23.8 Å². The lowest BCUT2D eigenvalue weighted by Crippen LogP contribution is -2.30. The molecular weight excluding hydrogens is 222 g/mol. The maximum absolute atomic E-state index is 8.98. The highest BCUT2D eigenvalue weighted by Gasteiger charge is 2.23. The fraction of sp³-hybridized carbons (Fsp3) is 0.533. The summed E-state index contributed by atoms with van der Waals surface area (Å²) in [5.74, 6) is 1.55. The molecule has 2 atom stereocenters. The second-order valence-corrected chi connectivity index (χ2v) is 5.67. The third-order valence-electron chi connectivity index (χ3n) is 3.72. The van der Waals surface area contributed by atoms with Crippen LogP contribution in [0, 0.1) is 23.2 Å². The van der Waals surface area contributed by atoms with Crippen LogP contribution in [0.5, 0.6) is 0 Å². The summed E-state index contributed by atoms with van der Waals surface area (Å²) in [4.78, 5) is 0. The van der Waals surface area contributed by atoms with E-state index in [2.05, 4.69) is 25.2 Å². The van der Waals surface area contributed by atoms with Crippen LogP contribution >= 0.6 is 0 Å². The van der Waals surface area contributed by atoms with Gasteiger partial charge in [0, 0.05) is 17.4 Å². The molecule has 3 N–H and O–H groups in total. The average molecular weight is 243 g/mol. The monoisotopic (exact) mass is 243 g/mol. The van der Waals surface area contributed by atoms with Gasteiger partial charge in [0.05, 0.1) is 5.56 Å². The number of nitriles is 1. The molecule has 0 bridgehead atoms. The van der Waals surface area contributed by atoms with Gasteiger partial charge in [0.2, 0.25) is 0 Å². The van der Waals surface area contributed by atoms with Crippen molar-refractivity contribution in [2.75, 3.05) is 11.1 Å². The van der Waals surface area contributed by atoms with Crippen molar-refractivity contribution in [3.8, 4) is 6.07 Å². The van der Waals surface area contributed by atoms with Gasteiger partial charge >= 0.3 is 0 Å².